The Morgan fingerprint density at radius 3 is 1.97 bits per heavy atom. The van der Waals surface area contributed by atoms with Crippen molar-refractivity contribution in [2.75, 3.05) is 0 Å². The van der Waals surface area contributed by atoms with Crippen LogP contribution in [0.2, 0.25) is 0 Å². The molecule has 4 heteroatoms. The molecule has 0 aliphatic heterocycles. The topological polar surface area (TPSA) is 35.0 Å². The summed E-state index contributed by atoms with van der Waals surface area (Å²) in [5.74, 6) is 1.24. The van der Waals surface area contributed by atoms with Crippen molar-refractivity contribution in [3.05, 3.63) is 109 Å². The van der Waals surface area contributed by atoms with Crippen molar-refractivity contribution in [3.8, 4) is 34.0 Å². The van der Waals surface area contributed by atoms with Gasteiger partial charge in [-0.05, 0) is 28.2 Å². The van der Waals surface area contributed by atoms with Crippen LogP contribution in [0.25, 0.3) is 33.3 Å². The number of rotatable bonds is 4. The first kappa shape index (κ1) is 20.0. The zero-order valence-electron chi connectivity index (χ0n) is 15.9. The Bertz CT molecular complexity index is 1290. The molecule has 0 unspecified atom stereocenters. The largest absolute Gasteiger partial charge is 2.00 e. The Morgan fingerprint density at radius 1 is 0.600 bits per heavy atom. The fourth-order valence-corrected chi connectivity index (χ4v) is 3.18. The van der Waals surface area contributed by atoms with E-state index in [1.165, 1.54) is 0 Å². The summed E-state index contributed by atoms with van der Waals surface area (Å²) in [6.07, 6.45) is 3.65. The smallest absolute Gasteiger partial charge is 0.497 e. The number of fused-ring (bicyclic) bond motifs is 1. The van der Waals surface area contributed by atoms with Crippen LogP contribution in [0, 0.1) is 12.1 Å². The molecule has 0 fully saturated rings. The molecule has 0 radical (unpaired) electrons. The van der Waals surface area contributed by atoms with E-state index in [1.54, 1.807) is 6.20 Å². The summed E-state index contributed by atoms with van der Waals surface area (Å²) in [7, 11) is 0. The average molecular weight is 479 g/mol. The van der Waals surface area contributed by atoms with Crippen LogP contribution in [0.5, 0.6) is 11.5 Å². The third-order valence-electron chi connectivity index (χ3n) is 4.60. The Kier molecular flexibility index (Phi) is 6.00. The van der Waals surface area contributed by atoms with E-state index in [-0.39, 0.29) is 20.4 Å². The molecule has 5 rings (SSSR count). The molecule has 3 aromatic carbocycles. The normalized spacial score (nSPS) is 10.4. The summed E-state index contributed by atoms with van der Waals surface area (Å²) >= 11 is 0. The quantitative estimate of drug-likeness (QED) is 0.223. The second-order valence-electron chi connectivity index (χ2n) is 6.59. The molecule has 0 amide bonds. The summed E-state index contributed by atoms with van der Waals surface area (Å²) < 4.78 is 6.02. The molecule has 0 aliphatic rings. The zero-order chi connectivity index (χ0) is 19.5. The average Bonchev–Trinajstić information content (AvgIpc) is 2.80. The molecule has 2 heterocycles. The van der Waals surface area contributed by atoms with Crippen LogP contribution in [0.15, 0.2) is 97.3 Å². The van der Waals surface area contributed by atoms with Gasteiger partial charge in [-0.15, -0.1) is 47.5 Å². The first-order valence-electron chi connectivity index (χ1n) is 9.34. The number of hydrogen-bond donors (Lipinski definition) is 0. The maximum atomic E-state index is 6.02. The molecule has 2 aromatic heterocycles. The van der Waals surface area contributed by atoms with Crippen LogP contribution in [-0.2, 0) is 20.4 Å². The first-order chi connectivity index (χ1) is 14.3. The summed E-state index contributed by atoms with van der Waals surface area (Å²) in [6.45, 7) is 0. The van der Waals surface area contributed by atoms with E-state index in [0.29, 0.717) is 11.5 Å². The molecule has 3 nitrogen and oxygen atoms in total. The minimum Gasteiger partial charge on any atom is -0.497 e. The van der Waals surface area contributed by atoms with Crippen LogP contribution < -0.4 is 4.74 Å². The second kappa shape index (κ2) is 9.01. The number of nitrogens with zero attached hydrogens (tertiary/aromatic N) is 2. The van der Waals surface area contributed by atoms with Gasteiger partial charge < -0.3 is 14.7 Å². The van der Waals surface area contributed by atoms with E-state index in [1.807, 2.05) is 72.9 Å². The molecular weight excluding hydrogens is 463 g/mol. The van der Waals surface area contributed by atoms with Crippen molar-refractivity contribution in [1.29, 1.82) is 0 Å². The Labute approximate surface area is 189 Å². The standard InChI is InChI=1S/C26H16N2O.Pd/c1-2-8-22-18-28-26(17-19(22)7-1)21-10-6-12-24(16-21)29-23-11-5-9-20(15-23)25-13-3-4-14-27-25;/h1-14,17-18H;/q-2;+2. The summed E-state index contributed by atoms with van der Waals surface area (Å²) in [6, 6.07) is 34.2. The van der Waals surface area contributed by atoms with Crippen molar-refractivity contribution in [2.24, 2.45) is 0 Å². The molecular formula is C26H16N2OPd. The SMILES string of the molecule is [Pd+2].[c-]1c(Oc2[c-]c(-c3cc4ccccc4cn3)ccc2)cccc1-c1ccccn1. The van der Waals surface area contributed by atoms with E-state index in [9.17, 15) is 0 Å². The van der Waals surface area contributed by atoms with Gasteiger partial charge in [0.15, 0.2) is 0 Å². The van der Waals surface area contributed by atoms with Gasteiger partial charge in [-0.2, -0.15) is 0 Å². The molecule has 0 bridgehead atoms. The third kappa shape index (κ3) is 4.31. The molecule has 30 heavy (non-hydrogen) atoms. The van der Waals surface area contributed by atoms with Gasteiger partial charge in [-0.25, -0.2) is 0 Å². The Balaban J connectivity index is 0.00000218. The summed E-state index contributed by atoms with van der Waals surface area (Å²) in [4.78, 5) is 8.95. The summed E-state index contributed by atoms with van der Waals surface area (Å²) in [5, 5.41) is 2.26. The molecule has 0 saturated carbocycles. The molecule has 0 atom stereocenters. The van der Waals surface area contributed by atoms with E-state index >= 15 is 0 Å². The fraction of sp³-hybridized carbons (Fsp3) is 0. The minimum atomic E-state index is 0. The van der Waals surface area contributed by atoms with Crippen molar-refractivity contribution in [2.45, 2.75) is 0 Å². The number of pyridine rings is 2. The van der Waals surface area contributed by atoms with Crippen molar-refractivity contribution >= 4 is 10.8 Å². The Morgan fingerprint density at radius 2 is 1.27 bits per heavy atom. The van der Waals surface area contributed by atoms with E-state index in [0.717, 1.165) is 33.3 Å². The van der Waals surface area contributed by atoms with E-state index in [2.05, 4.69) is 40.3 Å². The van der Waals surface area contributed by atoms with Crippen LogP contribution in [0.1, 0.15) is 0 Å². The predicted molar refractivity (Wildman–Crippen MR) is 115 cm³/mol. The van der Waals surface area contributed by atoms with Gasteiger partial charge in [0.05, 0.1) is 0 Å². The summed E-state index contributed by atoms with van der Waals surface area (Å²) in [5.41, 5.74) is 3.49. The van der Waals surface area contributed by atoms with Gasteiger partial charge in [-0.1, -0.05) is 54.6 Å². The maximum absolute atomic E-state index is 6.02. The second-order valence-corrected chi connectivity index (χ2v) is 6.59. The molecule has 0 N–H and O–H groups in total. The van der Waals surface area contributed by atoms with Crippen molar-refractivity contribution in [3.63, 3.8) is 0 Å². The fourth-order valence-electron chi connectivity index (χ4n) is 3.18. The minimum absolute atomic E-state index is 0. The molecule has 5 aromatic rings. The van der Waals surface area contributed by atoms with Gasteiger partial charge in [0, 0.05) is 23.9 Å². The molecule has 0 saturated heterocycles. The molecule has 0 aliphatic carbocycles. The van der Waals surface area contributed by atoms with Crippen molar-refractivity contribution in [1.82, 2.24) is 9.97 Å². The maximum Gasteiger partial charge on any atom is 2.00 e. The van der Waals surface area contributed by atoms with Crippen LogP contribution in [0.4, 0.5) is 0 Å². The van der Waals surface area contributed by atoms with Crippen LogP contribution in [-0.4, -0.2) is 9.97 Å². The number of hydrogen-bond acceptors (Lipinski definition) is 3. The van der Waals surface area contributed by atoms with Gasteiger partial charge in [0.2, 0.25) is 0 Å². The van der Waals surface area contributed by atoms with E-state index < -0.39 is 0 Å². The molecule has 146 valence electrons. The van der Waals surface area contributed by atoms with Gasteiger partial charge in [-0.3, -0.25) is 0 Å². The van der Waals surface area contributed by atoms with Crippen LogP contribution >= 0.6 is 0 Å². The monoisotopic (exact) mass is 478 g/mol. The van der Waals surface area contributed by atoms with Gasteiger partial charge >= 0.3 is 20.4 Å². The number of ether oxygens (including phenoxy) is 1. The number of benzene rings is 3. The van der Waals surface area contributed by atoms with Crippen LogP contribution in [0.3, 0.4) is 0 Å². The zero-order valence-corrected chi connectivity index (χ0v) is 17.4. The third-order valence-corrected chi connectivity index (χ3v) is 4.60. The Hall–Kier alpha value is -3.32. The van der Waals surface area contributed by atoms with E-state index in [4.69, 9.17) is 4.74 Å². The predicted octanol–water partition coefficient (Wildman–Crippen LogP) is 6.35. The van der Waals surface area contributed by atoms with Crippen molar-refractivity contribution < 1.29 is 25.2 Å². The van der Waals surface area contributed by atoms with Gasteiger partial charge in [0.25, 0.3) is 0 Å². The van der Waals surface area contributed by atoms with Gasteiger partial charge in [0.1, 0.15) is 0 Å². The number of aromatic nitrogens is 2. The first-order valence-corrected chi connectivity index (χ1v) is 9.34. The molecule has 0 spiro atoms.